The van der Waals surface area contributed by atoms with Gasteiger partial charge in [0.25, 0.3) is 0 Å². The number of sulfone groups is 1. The SMILES string of the molecule is Cc1cc(C2(NC(=O)O)c3ccccc3CC23CCNCC3)cc(S(C)(=O)=O)c1. The van der Waals surface area contributed by atoms with E-state index in [-0.39, 0.29) is 10.3 Å². The fourth-order valence-electron chi connectivity index (χ4n) is 5.35. The summed E-state index contributed by atoms with van der Waals surface area (Å²) in [5, 5.41) is 16.2. The average Bonchev–Trinajstić information content (AvgIpc) is 2.90. The molecule has 1 atom stereocenters. The van der Waals surface area contributed by atoms with Crippen LogP contribution in [0.2, 0.25) is 0 Å². The Morgan fingerprint density at radius 2 is 1.83 bits per heavy atom. The molecule has 4 rings (SSSR count). The highest BCUT2D eigenvalue weighted by molar-refractivity contribution is 7.90. The molecule has 0 aromatic heterocycles. The van der Waals surface area contributed by atoms with Gasteiger partial charge in [0.2, 0.25) is 0 Å². The second-order valence-corrected chi connectivity index (χ2v) is 10.4. The number of benzene rings is 2. The van der Waals surface area contributed by atoms with Crippen molar-refractivity contribution in [2.45, 2.75) is 36.6 Å². The quantitative estimate of drug-likeness (QED) is 0.718. The van der Waals surface area contributed by atoms with Gasteiger partial charge in [0, 0.05) is 11.7 Å². The van der Waals surface area contributed by atoms with Gasteiger partial charge in [-0.15, -0.1) is 0 Å². The highest BCUT2D eigenvalue weighted by Crippen LogP contribution is 2.58. The molecule has 1 aliphatic heterocycles. The molecule has 2 aromatic carbocycles. The van der Waals surface area contributed by atoms with E-state index in [0.717, 1.165) is 49.0 Å². The standard InChI is InChI=1S/C22H26N2O4S/c1-15-11-17(13-18(12-15)29(2,27)28)22(24-20(25)26)19-6-4-3-5-16(19)14-21(22)7-9-23-10-8-21/h3-6,11-13,23-24H,7-10,14H2,1-2H3,(H,25,26). The Labute approximate surface area is 171 Å². The Hall–Kier alpha value is -2.38. The fraction of sp³-hybridized carbons (Fsp3) is 0.409. The number of piperidine rings is 1. The summed E-state index contributed by atoms with van der Waals surface area (Å²) >= 11 is 0. The van der Waals surface area contributed by atoms with Crippen molar-refractivity contribution in [2.24, 2.45) is 5.41 Å². The van der Waals surface area contributed by atoms with E-state index in [4.69, 9.17) is 0 Å². The maximum Gasteiger partial charge on any atom is 0.405 e. The van der Waals surface area contributed by atoms with E-state index in [1.807, 2.05) is 31.2 Å². The van der Waals surface area contributed by atoms with Crippen LogP contribution in [0.25, 0.3) is 0 Å². The number of aryl methyl sites for hydroxylation is 1. The summed E-state index contributed by atoms with van der Waals surface area (Å²) in [5.74, 6) is 0. The lowest BCUT2D eigenvalue weighted by atomic mass is 9.61. The number of hydrogen-bond donors (Lipinski definition) is 3. The molecule has 1 unspecified atom stereocenters. The van der Waals surface area contributed by atoms with Gasteiger partial charge in [0.05, 0.1) is 4.90 Å². The minimum atomic E-state index is -3.44. The van der Waals surface area contributed by atoms with E-state index in [9.17, 15) is 18.3 Å². The van der Waals surface area contributed by atoms with E-state index < -0.39 is 21.5 Å². The minimum absolute atomic E-state index is 0.215. The lowest BCUT2D eigenvalue weighted by Gasteiger charge is -2.49. The molecule has 0 bridgehead atoms. The van der Waals surface area contributed by atoms with E-state index >= 15 is 0 Å². The number of fused-ring (bicyclic) bond motifs is 1. The van der Waals surface area contributed by atoms with Crippen molar-refractivity contribution in [3.63, 3.8) is 0 Å². The first-order chi connectivity index (χ1) is 13.7. The Kier molecular flexibility index (Phi) is 4.70. The zero-order valence-corrected chi connectivity index (χ0v) is 17.5. The Morgan fingerprint density at radius 3 is 2.48 bits per heavy atom. The summed E-state index contributed by atoms with van der Waals surface area (Å²) in [6.45, 7) is 3.44. The number of rotatable bonds is 3. The first-order valence-electron chi connectivity index (χ1n) is 9.80. The molecule has 2 aromatic rings. The predicted octanol–water partition coefficient (Wildman–Crippen LogP) is 2.84. The van der Waals surface area contributed by atoms with Crippen molar-refractivity contribution < 1.29 is 18.3 Å². The minimum Gasteiger partial charge on any atom is -0.465 e. The van der Waals surface area contributed by atoms with Crippen molar-refractivity contribution >= 4 is 15.9 Å². The van der Waals surface area contributed by atoms with Gasteiger partial charge in [-0.05, 0) is 73.7 Å². The molecule has 29 heavy (non-hydrogen) atoms. The summed E-state index contributed by atoms with van der Waals surface area (Å²) in [6.07, 6.45) is 2.43. The van der Waals surface area contributed by atoms with Crippen LogP contribution in [0.1, 0.15) is 35.1 Å². The van der Waals surface area contributed by atoms with Crippen LogP contribution in [0, 0.1) is 12.3 Å². The summed E-state index contributed by atoms with van der Waals surface area (Å²) in [6, 6.07) is 13.2. The summed E-state index contributed by atoms with van der Waals surface area (Å²) < 4.78 is 24.7. The normalized spacial score (nSPS) is 23.0. The molecule has 3 N–H and O–H groups in total. The summed E-state index contributed by atoms with van der Waals surface area (Å²) in [4.78, 5) is 12.3. The van der Waals surface area contributed by atoms with Crippen LogP contribution >= 0.6 is 0 Å². The third-order valence-corrected chi connectivity index (χ3v) is 7.60. The van der Waals surface area contributed by atoms with E-state index in [1.54, 1.807) is 12.1 Å². The van der Waals surface area contributed by atoms with Crippen molar-refractivity contribution in [3.05, 3.63) is 64.7 Å². The van der Waals surface area contributed by atoms with Crippen LogP contribution in [0.5, 0.6) is 0 Å². The lowest BCUT2D eigenvalue weighted by Crippen LogP contribution is -2.59. The molecule has 7 heteroatoms. The van der Waals surface area contributed by atoms with Gasteiger partial charge in [-0.2, -0.15) is 0 Å². The number of amides is 1. The van der Waals surface area contributed by atoms with Gasteiger partial charge in [0.15, 0.2) is 9.84 Å². The van der Waals surface area contributed by atoms with E-state index in [0.29, 0.717) is 5.56 Å². The summed E-state index contributed by atoms with van der Waals surface area (Å²) in [7, 11) is -3.44. The smallest absolute Gasteiger partial charge is 0.405 e. The van der Waals surface area contributed by atoms with Crippen LogP contribution in [0.15, 0.2) is 47.4 Å². The monoisotopic (exact) mass is 414 g/mol. The second-order valence-electron chi connectivity index (χ2n) is 8.35. The first kappa shape index (κ1) is 19.9. The maximum atomic E-state index is 12.3. The lowest BCUT2D eigenvalue weighted by molar-refractivity contribution is 0.0849. The van der Waals surface area contributed by atoms with Crippen molar-refractivity contribution in [3.8, 4) is 0 Å². The third-order valence-electron chi connectivity index (χ3n) is 6.51. The summed E-state index contributed by atoms with van der Waals surface area (Å²) in [5.41, 5.74) is 2.18. The molecular weight excluding hydrogens is 388 g/mol. The van der Waals surface area contributed by atoms with Gasteiger partial charge < -0.3 is 15.7 Å². The second kappa shape index (κ2) is 6.85. The molecule has 2 aliphatic rings. The fourth-order valence-corrected chi connectivity index (χ4v) is 6.09. The van der Waals surface area contributed by atoms with E-state index in [1.165, 1.54) is 6.26 Å². The Balaban J connectivity index is 2.07. The highest BCUT2D eigenvalue weighted by Gasteiger charge is 2.59. The number of hydrogen-bond acceptors (Lipinski definition) is 4. The molecule has 154 valence electrons. The number of nitrogens with one attached hydrogen (secondary N) is 2. The molecule has 0 saturated carbocycles. The molecule has 6 nitrogen and oxygen atoms in total. The van der Waals surface area contributed by atoms with E-state index in [2.05, 4.69) is 16.7 Å². The number of carbonyl (C=O) groups is 1. The van der Waals surface area contributed by atoms with Gasteiger partial charge in [-0.3, -0.25) is 0 Å². The zero-order chi connectivity index (χ0) is 20.9. The van der Waals surface area contributed by atoms with Crippen molar-refractivity contribution in [1.29, 1.82) is 0 Å². The van der Waals surface area contributed by atoms with Crippen LogP contribution in [-0.4, -0.2) is 39.0 Å². The Bertz CT molecular complexity index is 1070. The number of carboxylic acid groups (broad SMARTS) is 1. The molecule has 0 radical (unpaired) electrons. The zero-order valence-electron chi connectivity index (χ0n) is 16.7. The van der Waals surface area contributed by atoms with Gasteiger partial charge >= 0.3 is 6.09 Å². The maximum absolute atomic E-state index is 12.3. The first-order valence-corrected chi connectivity index (χ1v) is 11.7. The van der Waals surface area contributed by atoms with Crippen LogP contribution in [0.4, 0.5) is 4.79 Å². The molecule has 1 aliphatic carbocycles. The largest absolute Gasteiger partial charge is 0.465 e. The highest BCUT2D eigenvalue weighted by atomic mass is 32.2. The van der Waals surface area contributed by atoms with Gasteiger partial charge in [-0.25, -0.2) is 13.2 Å². The van der Waals surface area contributed by atoms with Crippen LogP contribution in [0.3, 0.4) is 0 Å². The third kappa shape index (κ3) is 3.13. The molecule has 1 saturated heterocycles. The van der Waals surface area contributed by atoms with Gasteiger partial charge in [0.1, 0.15) is 5.54 Å². The molecule has 1 heterocycles. The predicted molar refractivity (Wildman–Crippen MR) is 111 cm³/mol. The Morgan fingerprint density at radius 1 is 1.14 bits per heavy atom. The van der Waals surface area contributed by atoms with Crippen LogP contribution in [-0.2, 0) is 21.8 Å². The molecular formula is C22H26N2O4S. The molecule has 1 amide bonds. The average molecular weight is 415 g/mol. The molecule has 1 fully saturated rings. The molecule has 1 spiro atoms. The topological polar surface area (TPSA) is 95.5 Å². The van der Waals surface area contributed by atoms with Crippen molar-refractivity contribution in [1.82, 2.24) is 10.6 Å². The van der Waals surface area contributed by atoms with Crippen molar-refractivity contribution in [2.75, 3.05) is 19.3 Å². The van der Waals surface area contributed by atoms with Crippen LogP contribution < -0.4 is 10.6 Å². The van der Waals surface area contributed by atoms with Gasteiger partial charge in [-0.1, -0.05) is 30.3 Å².